The van der Waals surface area contributed by atoms with Crippen LogP contribution in [0.4, 0.5) is 0 Å². The van der Waals surface area contributed by atoms with Crippen molar-refractivity contribution < 1.29 is 0 Å². The van der Waals surface area contributed by atoms with Gasteiger partial charge in [-0.3, -0.25) is 0 Å². The fraction of sp³-hybridized carbons (Fsp3) is 0.647. The van der Waals surface area contributed by atoms with Gasteiger partial charge < -0.3 is 5.32 Å². The van der Waals surface area contributed by atoms with Crippen LogP contribution in [0.15, 0.2) is 28.7 Å². The summed E-state index contributed by atoms with van der Waals surface area (Å²) in [4.78, 5) is 0. The molecule has 0 saturated carbocycles. The molecule has 1 aromatic rings. The molecule has 0 aliphatic heterocycles. The first-order valence-corrected chi connectivity index (χ1v) is 8.09. The predicted octanol–water partition coefficient (Wildman–Crippen LogP) is 5.19. The second-order valence-corrected chi connectivity index (χ2v) is 7.53. The molecule has 0 aliphatic carbocycles. The Morgan fingerprint density at radius 1 is 1.11 bits per heavy atom. The van der Waals surface area contributed by atoms with E-state index in [4.69, 9.17) is 0 Å². The van der Waals surface area contributed by atoms with Gasteiger partial charge in [0.2, 0.25) is 0 Å². The van der Waals surface area contributed by atoms with Gasteiger partial charge in [0.05, 0.1) is 0 Å². The second kappa shape index (κ2) is 6.90. The number of benzene rings is 1. The zero-order chi connectivity index (χ0) is 14.5. The number of halogens is 1. The van der Waals surface area contributed by atoms with Crippen molar-refractivity contribution in [3.63, 3.8) is 0 Å². The SMILES string of the molecule is CCC(CC)(CNC(C)(C)C)Cc1cccc(Br)c1. The Kier molecular flexibility index (Phi) is 6.07. The molecule has 0 heterocycles. The van der Waals surface area contributed by atoms with Crippen LogP contribution in [0.5, 0.6) is 0 Å². The summed E-state index contributed by atoms with van der Waals surface area (Å²) in [6.45, 7) is 12.4. The molecule has 0 bridgehead atoms. The molecule has 1 rings (SSSR count). The summed E-state index contributed by atoms with van der Waals surface area (Å²) in [6, 6.07) is 8.71. The first kappa shape index (κ1) is 16.7. The zero-order valence-electron chi connectivity index (χ0n) is 13.0. The molecule has 0 aliphatic rings. The molecule has 0 spiro atoms. The van der Waals surface area contributed by atoms with Crippen LogP contribution in [0, 0.1) is 5.41 Å². The first-order chi connectivity index (χ1) is 8.80. The molecular weight excluding hydrogens is 298 g/mol. The molecule has 108 valence electrons. The Morgan fingerprint density at radius 2 is 1.74 bits per heavy atom. The minimum absolute atomic E-state index is 0.187. The highest BCUT2D eigenvalue weighted by Gasteiger charge is 2.28. The van der Waals surface area contributed by atoms with Crippen LogP contribution in [0.2, 0.25) is 0 Å². The second-order valence-electron chi connectivity index (χ2n) is 6.62. The van der Waals surface area contributed by atoms with E-state index in [1.165, 1.54) is 22.9 Å². The fourth-order valence-corrected chi connectivity index (χ4v) is 2.79. The topological polar surface area (TPSA) is 12.0 Å². The molecule has 0 unspecified atom stereocenters. The summed E-state index contributed by atoms with van der Waals surface area (Å²) in [5.74, 6) is 0. The van der Waals surface area contributed by atoms with E-state index in [2.05, 4.69) is 80.1 Å². The summed E-state index contributed by atoms with van der Waals surface area (Å²) >= 11 is 3.57. The lowest BCUT2D eigenvalue weighted by Gasteiger charge is -2.35. The number of hydrogen-bond acceptors (Lipinski definition) is 1. The highest BCUT2D eigenvalue weighted by Crippen LogP contribution is 2.31. The van der Waals surface area contributed by atoms with Crippen molar-refractivity contribution in [3.05, 3.63) is 34.3 Å². The summed E-state index contributed by atoms with van der Waals surface area (Å²) in [6.07, 6.45) is 3.56. The van der Waals surface area contributed by atoms with E-state index in [0.29, 0.717) is 5.41 Å². The molecule has 1 nitrogen and oxygen atoms in total. The van der Waals surface area contributed by atoms with Gasteiger partial charge in [-0.1, -0.05) is 41.9 Å². The maximum absolute atomic E-state index is 3.69. The third kappa shape index (κ3) is 5.66. The summed E-state index contributed by atoms with van der Waals surface area (Å²) in [5, 5.41) is 3.69. The first-order valence-electron chi connectivity index (χ1n) is 7.30. The van der Waals surface area contributed by atoms with Crippen LogP contribution in [0.1, 0.15) is 53.0 Å². The highest BCUT2D eigenvalue weighted by molar-refractivity contribution is 9.10. The minimum Gasteiger partial charge on any atom is -0.312 e. The maximum atomic E-state index is 3.69. The van der Waals surface area contributed by atoms with Crippen molar-refractivity contribution in [2.75, 3.05) is 6.54 Å². The lowest BCUT2D eigenvalue weighted by Crippen LogP contribution is -2.44. The van der Waals surface area contributed by atoms with Gasteiger partial charge in [-0.15, -0.1) is 0 Å². The van der Waals surface area contributed by atoms with Gasteiger partial charge in [0.1, 0.15) is 0 Å². The van der Waals surface area contributed by atoms with Crippen LogP contribution in [-0.4, -0.2) is 12.1 Å². The zero-order valence-corrected chi connectivity index (χ0v) is 14.6. The lowest BCUT2D eigenvalue weighted by molar-refractivity contribution is 0.220. The van der Waals surface area contributed by atoms with Gasteiger partial charge in [-0.2, -0.15) is 0 Å². The largest absolute Gasteiger partial charge is 0.312 e. The third-order valence-electron chi connectivity index (χ3n) is 3.96. The van der Waals surface area contributed by atoms with Gasteiger partial charge in [0.25, 0.3) is 0 Å². The molecule has 1 N–H and O–H groups in total. The van der Waals surface area contributed by atoms with Gasteiger partial charge in [-0.05, 0) is 63.1 Å². The van der Waals surface area contributed by atoms with E-state index in [-0.39, 0.29) is 5.54 Å². The van der Waals surface area contributed by atoms with E-state index in [9.17, 15) is 0 Å². The van der Waals surface area contributed by atoms with Crippen molar-refractivity contribution in [1.82, 2.24) is 5.32 Å². The molecule has 2 heteroatoms. The smallest absolute Gasteiger partial charge is 0.0177 e. The molecule has 0 saturated heterocycles. The molecule has 19 heavy (non-hydrogen) atoms. The Bertz CT molecular complexity index is 388. The lowest BCUT2D eigenvalue weighted by atomic mass is 9.76. The van der Waals surface area contributed by atoms with Crippen molar-refractivity contribution in [1.29, 1.82) is 0 Å². The quantitative estimate of drug-likeness (QED) is 0.759. The van der Waals surface area contributed by atoms with Crippen LogP contribution in [-0.2, 0) is 6.42 Å². The number of nitrogens with one attached hydrogen (secondary N) is 1. The van der Waals surface area contributed by atoms with Crippen LogP contribution in [0.25, 0.3) is 0 Å². The average molecular weight is 326 g/mol. The van der Waals surface area contributed by atoms with Crippen molar-refractivity contribution in [2.24, 2.45) is 5.41 Å². The van der Waals surface area contributed by atoms with Gasteiger partial charge in [0, 0.05) is 16.6 Å². The van der Waals surface area contributed by atoms with Gasteiger partial charge in [0.15, 0.2) is 0 Å². The van der Waals surface area contributed by atoms with E-state index < -0.39 is 0 Å². The molecule has 0 amide bonds. The molecule has 0 aromatic heterocycles. The van der Waals surface area contributed by atoms with Crippen molar-refractivity contribution in [3.8, 4) is 0 Å². The summed E-state index contributed by atoms with van der Waals surface area (Å²) in [7, 11) is 0. The summed E-state index contributed by atoms with van der Waals surface area (Å²) < 4.78 is 1.18. The van der Waals surface area contributed by atoms with Crippen molar-refractivity contribution in [2.45, 2.75) is 59.4 Å². The fourth-order valence-electron chi connectivity index (χ4n) is 2.35. The van der Waals surface area contributed by atoms with Crippen LogP contribution in [0.3, 0.4) is 0 Å². The Morgan fingerprint density at radius 3 is 2.21 bits per heavy atom. The van der Waals surface area contributed by atoms with Crippen molar-refractivity contribution >= 4 is 15.9 Å². The normalized spacial score (nSPS) is 12.7. The number of rotatable bonds is 6. The van der Waals surface area contributed by atoms with Crippen LogP contribution < -0.4 is 5.32 Å². The summed E-state index contributed by atoms with van der Waals surface area (Å²) in [5.41, 5.74) is 1.97. The Labute approximate surface area is 127 Å². The minimum atomic E-state index is 0.187. The standard InChI is InChI=1S/C17H28BrN/c1-6-17(7-2,13-19-16(3,4)5)12-14-9-8-10-15(18)11-14/h8-11,19H,6-7,12-13H2,1-5H3. The molecule has 0 radical (unpaired) electrons. The predicted molar refractivity (Wildman–Crippen MR) is 88.6 cm³/mol. The average Bonchev–Trinajstić information content (AvgIpc) is 2.34. The van der Waals surface area contributed by atoms with Gasteiger partial charge >= 0.3 is 0 Å². The molecule has 0 atom stereocenters. The number of hydrogen-bond donors (Lipinski definition) is 1. The van der Waals surface area contributed by atoms with E-state index in [1.807, 2.05) is 0 Å². The van der Waals surface area contributed by atoms with E-state index in [1.54, 1.807) is 0 Å². The van der Waals surface area contributed by atoms with E-state index >= 15 is 0 Å². The monoisotopic (exact) mass is 325 g/mol. The highest BCUT2D eigenvalue weighted by atomic mass is 79.9. The molecule has 0 fully saturated rings. The third-order valence-corrected chi connectivity index (χ3v) is 4.46. The van der Waals surface area contributed by atoms with E-state index in [0.717, 1.165) is 13.0 Å². The van der Waals surface area contributed by atoms with Gasteiger partial charge in [-0.25, -0.2) is 0 Å². The Hall–Kier alpha value is -0.340. The molecular formula is C17H28BrN. The maximum Gasteiger partial charge on any atom is 0.0177 e. The van der Waals surface area contributed by atoms with Crippen LogP contribution >= 0.6 is 15.9 Å². The molecule has 1 aromatic carbocycles. The Balaban J connectivity index is 2.81.